The third-order valence-corrected chi connectivity index (χ3v) is 10.4. The van der Waals surface area contributed by atoms with Gasteiger partial charge in [0.05, 0.1) is 0 Å². The van der Waals surface area contributed by atoms with Crippen LogP contribution in [0.5, 0.6) is 0 Å². The van der Waals surface area contributed by atoms with Gasteiger partial charge in [-0.15, -0.1) is 0 Å². The van der Waals surface area contributed by atoms with Crippen LogP contribution in [0.4, 0.5) is 0 Å². The summed E-state index contributed by atoms with van der Waals surface area (Å²) < 4.78 is 0. The lowest BCUT2D eigenvalue weighted by molar-refractivity contribution is 0.374. The first-order valence-electron chi connectivity index (χ1n) is 8.67. The third kappa shape index (κ3) is 4.06. The Morgan fingerprint density at radius 3 is 1.90 bits per heavy atom. The molecule has 0 amide bonds. The first-order chi connectivity index (χ1) is 9.39. The molecule has 0 aromatic heterocycles. The standard InChI is InChI=1S/C16H37N3Si/c1-7-17-20(18-8-2,16(5,6)14(3)4)19-15-12-10-9-11-13-15/h14-15,17-19H,7-13H2,1-6H3. The van der Waals surface area contributed by atoms with Crippen molar-refractivity contribution in [2.75, 3.05) is 13.1 Å². The monoisotopic (exact) mass is 299 g/mol. The van der Waals surface area contributed by atoms with E-state index >= 15 is 0 Å². The van der Waals surface area contributed by atoms with E-state index in [1.54, 1.807) is 0 Å². The zero-order valence-electron chi connectivity index (χ0n) is 14.6. The van der Waals surface area contributed by atoms with Crippen LogP contribution < -0.4 is 14.9 Å². The van der Waals surface area contributed by atoms with Gasteiger partial charge in [0.25, 0.3) is 8.56 Å². The lowest BCUT2D eigenvalue weighted by Gasteiger charge is -2.50. The molecule has 0 bridgehead atoms. The average molecular weight is 300 g/mol. The van der Waals surface area contributed by atoms with Gasteiger partial charge in [0, 0.05) is 11.1 Å². The van der Waals surface area contributed by atoms with Gasteiger partial charge in [-0.05, 0) is 31.8 Å². The summed E-state index contributed by atoms with van der Waals surface area (Å²) in [5, 5.41) is 0.274. The van der Waals surface area contributed by atoms with E-state index in [1.165, 1.54) is 32.1 Å². The van der Waals surface area contributed by atoms with Crippen LogP contribution in [-0.2, 0) is 0 Å². The summed E-state index contributed by atoms with van der Waals surface area (Å²) in [6, 6.07) is 0.701. The van der Waals surface area contributed by atoms with Crippen LogP contribution in [0, 0.1) is 5.92 Å². The van der Waals surface area contributed by atoms with E-state index < -0.39 is 8.56 Å². The van der Waals surface area contributed by atoms with Crippen LogP contribution in [-0.4, -0.2) is 27.7 Å². The molecule has 3 nitrogen and oxygen atoms in total. The van der Waals surface area contributed by atoms with Gasteiger partial charge in [-0.2, -0.15) is 0 Å². The van der Waals surface area contributed by atoms with Crippen molar-refractivity contribution in [1.82, 2.24) is 14.9 Å². The van der Waals surface area contributed by atoms with Crippen molar-refractivity contribution in [2.45, 2.75) is 84.7 Å². The van der Waals surface area contributed by atoms with Crippen LogP contribution in [0.2, 0.25) is 5.04 Å². The fourth-order valence-corrected chi connectivity index (χ4v) is 7.76. The van der Waals surface area contributed by atoms with Gasteiger partial charge in [0.15, 0.2) is 0 Å². The SMILES string of the molecule is CCN[Si](NCC)(NC1CCCCC1)C(C)(C)C(C)C. The second kappa shape index (κ2) is 7.92. The Hall–Kier alpha value is 0.0969. The molecule has 1 saturated carbocycles. The van der Waals surface area contributed by atoms with Crippen LogP contribution in [0.3, 0.4) is 0 Å². The number of hydrogen-bond donors (Lipinski definition) is 3. The fraction of sp³-hybridized carbons (Fsp3) is 1.00. The van der Waals surface area contributed by atoms with Crippen molar-refractivity contribution in [2.24, 2.45) is 5.92 Å². The molecule has 0 heterocycles. The maximum atomic E-state index is 4.11. The molecular weight excluding hydrogens is 262 g/mol. The maximum Gasteiger partial charge on any atom is 0.287 e. The van der Waals surface area contributed by atoms with Crippen molar-refractivity contribution in [1.29, 1.82) is 0 Å². The Balaban J connectivity index is 2.96. The molecule has 1 rings (SSSR count). The van der Waals surface area contributed by atoms with Crippen molar-refractivity contribution in [3.8, 4) is 0 Å². The second-order valence-electron chi connectivity index (χ2n) is 7.17. The van der Waals surface area contributed by atoms with Crippen molar-refractivity contribution in [3.63, 3.8) is 0 Å². The van der Waals surface area contributed by atoms with Crippen LogP contribution >= 0.6 is 0 Å². The predicted octanol–water partition coefficient (Wildman–Crippen LogP) is 3.50. The summed E-state index contributed by atoms with van der Waals surface area (Å²) in [5.41, 5.74) is 0. The van der Waals surface area contributed by atoms with E-state index in [1.807, 2.05) is 0 Å². The van der Waals surface area contributed by atoms with Gasteiger partial charge in [0.2, 0.25) is 0 Å². The molecule has 1 aliphatic carbocycles. The summed E-state index contributed by atoms with van der Waals surface area (Å²) in [6.07, 6.45) is 6.90. The summed E-state index contributed by atoms with van der Waals surface area (Å²) in [4.78, 5) is 11.9. The molecule has 20 heavy (non-hydrogen) atoms. The van der Waals surface area contributed by atoms with E-state index in [0.717, 1.165) is 13.1 Å². The highest BCUT2D eigenvalue weighted by Gasteiger charge is 2.50. The molecule has 3 N–H and O–H groups in total. The average Bonchev–Trinajstić information content (AvgIpc) is 2.40. The van der Waals surface area contributed by atoms with E-state index in [-0.39, 0.29) is 5.04 Å². The molecule has 1 fully saturated rings. The number of hydrogen-bond acceptors (Lipinski definition) is 3. The predicted molar refractivity (Wildman–Crippen MR) is 92.0 cm³/mol. The van der Waals surface area contributed by atoms with Crippen molar-refractivity contribution < 1.29 is 0 Å². The van der Waals surface area contributed by atoms with E-state index in [4.69, 9.17) is 0 Å². The largest absolute Gasteiger partial charge is 0.313 e. The Bertz CT molecular complexity index is 267. The van der Waals surface area contributed by atoms with E-state index in [2.05, 4.69) is 56.5 Å². The van der Waals surface area contributed by atoms with Gasteiger partial charge >= 0.3 is 0 Å². The smallest absolute Gasteiger partial charge is 0.287 e. The number of rotatable bonds is 8. The van der Waals surface area contributed by atoms with Gasteiger partial charge < -0.3 is 14.9 Å². The highest BCUT2D eigenvalue weighted by Crippen LogP contribution is 2.40. The molecule has 120 valence electrons. The summed E-state index contributed by atoms with van der Waals surface area (Å²) in [5.74, 6) is 0.656. The molecule has 0 spiro atoms. The molecule has 1 aliphatic rings. The summed E-state index contributed by atoms with van der Waals surface area (Å²) in [6.45, 7) is 16.1. The van der Waals surface area contributed by atoms with Gasteiger partial charge in [-0.25, -0.2) is 0 Å². The zero-order chi connectivity index (χ0) is 15.2. The first kappa shape index (κ1) is 18.1. The topological polar surface area (TPSA) is 36.1 Å². The number of nitrogens with one attached hydrogen (secondary N) is 3. The van der Waals surface area contributed by atoms with E-state index in [9.17, 15) is 0 Å². The summed E-state index contributed by atoms with van der Waals surface area (Å²) >= 11 is 0. The van der Waals surface area contributed by atoms with Crippen molar-refractivity contribution >= 4 is 8.56 Å². The Morgan fingerprint density at radius 2 is 1.50 bits per heavy atom. The minimum absolute atomic E-state index is 0.274. The summed E-state index contributed by atoms with van der Waals surface area (Å²) in [7, 11) is -1.92. The van der Waals surface area contributed by atoms with Crippen molar-refractivity contribution in [3.05, 3.63) is 0 Å². The normalized spacial score (nSPS) is 18.8. The third-order valence-electron chi connectivity index (χ3n) is 5.32. The molecule has 0 radical (unpaired) electrons. The zero-order valence-corrected chi connectivity index (χ0v) is 15.6. The van der Waals surface area contributed by atoms with Gasteiger partial charge in [0.1, 0.15) is 0 Å². The van der Waals surface area contributed by atoms with Gasteiger partial charge in [-0.1, -0.05) is 60.8 Å². The van der Waals surface area contributed by atoms with Crippen LogP contribution in [0.1, 0.15) is 73.6 Å². The Kier molecular flexibility index (Phi) is 7.19. The molecule has 0 saturated heterocycles. The highest BCUT2D eigenvalue weighted by molar-refractivity contribution is 6.75. The molecular formula is C16H37N3Si. The minimum Gasteiger partial charge on any atom is -0.313 e. The van der Waals surface area contributed by atoms with Gasteiger partial charge in [-0.3, -0.25) is 0 Å². The maximum absolute atomic E-state index is 4.11. The molecule has 0 unspecified atom stereocenters. The minimum atomic E-state index is -1.92. The molecule has 0 aromatic rings. The van der Waals surface area contributed by atoms with Crippen LogP contribution in [0.15, 0.2) is 0 Å². The lowest BCUT2D eigenvalue weighted by atomic mass is 9.96. The molecule has 0 aliphatic heterocycles. The Morgan fingerprint density at radius 1 is 1.00 bits per heavy atom. The lowest BCUT2D eigenvalue weighted by Crippen LogP contribution is -2.79. The molecule has 0 atom stereocenters. The second-order valence-corrected chi connectivity index (χ2v) is 11.0. The van der Waals surface area contributed by atoms with Crippen LogP contribution in [0.25, 0.3) is 0 Å². The quantitative estimate of drug-likeness (QED) is 0.600. The van der Waals surface area contributed by atoms with E-state index in [0.29, 0.717) is 12.0 Å². The molecule has 0 aromatic carbocycles. The fourth-order valence-electron chi connectivity index (χ4n) is 3.32. The molecule has 4 heteroatoms. The highest BCUT2D eigenvalue weighted by atomic mass is 28.4. The first-order valence-corrected chi connectivity index (χ1v) is 10.7. The Labute approximate surface area is 127 Å².